The van der Waals surface area contributed by atoms with Crippen LogP contribution in [0.3, 0.4) is 0 Å². The first kappa shape index (κ1) is 16.3. The van der Waals surface area contributed by atoms with E-state index in [4.69, 9.17) is 0 Å². The van der Waals surface area contributed by atoms with Crippen LogP contribution >= 0.6 is 11.8 Å². The van der Waals surface area contributed by atoms with Gasteiger partial charge in [-0.2, -0.15) is 0 Å². The lowest BCUT2D eigenvalue weighted by molar-refractivity contribution is -0.130. The van der Waals surface area contributed by atoms with Gasteiger partial charge in [0.25, 0.3) is 0 Å². The minimum Gasteiger partial charge on any atom is -0.390 e. The number of benzene rings is 1. The normalized spacial score (nSPS) is 22.9. The van der Waals surface area contributed by atoms with Gasteiger partial charge in [0.2, 0.25) is 5.91 Å². The molecule has 116 valence electrons. The highest BCUT2D eigenvalue weighted by molar-refractivity contribution is 7.99. The van der Waals surface area contributed by atoms with Crippen LogP contribution in [0.1, 0.15) is 32.6 Å². The zero-order valence-corrected chi connectivity index (χ0v) is 13.2. The van der Waals surface area contributed by atoms with Gasteiger partial charge in [0.15, 0.2) is 0 Å². The van der Waals surface area contributed by atoms with E-state index in [9.17, 15) is 14.3 Å². The van der Waals surface area contributed by atoms with Gasteiger partial charge in [-0.1, -0.05) is 12.1 Å². The second kappa shape index (κ2) is 7.27. The minimum absolute atomic E-state index is 0.0940. The number of hydrogen-bond donors (Lipinski definition) is 1. The van der Waals surface area contributed by atoms with Gasteiger partial charge in [-0.05, 0) is 38.3 Å². The van der Waals surface area contributed by atoms with Crippen LogP contribution in [0.5, 0.6) is 0 Å². The molecular weight excluding hydrogens is 289 g/mol. The molecule has 1 atom stereocenters. The van der Waals surface area contributed by atoms with Gasteiger partial charge in [-0.15, -0.1) is 11.8 Å². The van der Waals surface area contributed by atoms with E-state index >= 15 is 0 Å². The van der Waals surface area contributed by atoms with Gasteiger partial charge in [0.05, 0.1) is 5.60 Å². The van der Waals surface area contributed by atoms with E-state index in [1.807, 2.05) is 11.8 Å². The number of halogens is 1. The lowest BCUT2D eigenvalue weighted by atomic mass is 9.98. The molecular formula is C16H22FNO2S. The lowest BCUT2D eigenvalue weighted by Crippen LogP contribution is -2.33. The van der Waals surface area contributed by atoms with E-state index in [2.05, 4.69) is 0 Å². The number of amides is 1. The van der Waals surface area contributed by atoms with Gasteiger partial charge >= 0.3 is 0 Å². The third-order valence-corrected chi connectivity index (χ3v) is 4.88. The zero-order valence-electron chi connectivity index (χ0n) is 12.3. The smallest absolute Gasteiger partial charge is 0.223 e. The van der Waals surface area contributed by atoms with Crippen molar-refractivity contribution >= 4 is 17.7 Å². The fourth-order valence-corrected chi connectivity index (χ4v) is 3.36. The zero-order chi connectivity index (χ0) is 15.3. The fourth-order valence-electron chi connectivity index (χ4n) is 2.48. The summed E-state index contributed by atoms with van der Waals surface area (Å²) in [6.45, 7) is 3.14. The average Bonchev–Trinajstić information content (AvgIpc) is 2.62. The molecule has 1 unspecified atom stereocenters. The molecule has 0 radical (unpaired) electrons. The summed E-state index contributed by atoms with van der Waals surface area (Å²) in [6.07, 6.45) is 2.60. The molecule has 1 aliphatic rings. The Hall–Kier alpha value is -1.07. The fraction of sp³-hybridized carbons (Fsp3) is 0.562. The number of likely N-dealkylation sites (tertiary alicyclic amines) is 1. The van der Waals surface area contributed by atoms with E-state index in [1.165, 1.54) is 17.8 Å². The lowest BCUT2D eigenvalue weighted by Gasteiger charge is -2.22. The Labute approximate surface area is 129 Å². The van der Waals surface area contributed by atoms with Gasteiger partial charge < -0.3 is 10.0 Å². The topological polar surface area (TPSA) is 40.5 Å². The number of carbonyl (C=O) groups is 1. The second-order valence-corrected chi connectivity index (χ2v) is 6.90. The molecule has 0 aromatic heterocycles. The molecule has 0 aliphatic carbocycles. The highest BCUT2D eigenvalue weighted by atomic mass is 32.2. The molecule has 1 amide bonds. The predicted molar refractivity (Wildman–Crippen MR) is 82.8 cm³/mol. The molecule has 2 rings (SSSR count). The summed E-state index contributed by atoms with van der Waals surface area (Å²) in [5, 5.41) is 10.0. The van der Waals surface area contributed by atoms with Crippen molar-refractivity contribution in [3.63, 3.8) is 0 Å². The molecule has 1 heterocycles. The minimum atomic E-state index is -0.656. The number of thioether (sulfide) groups is 1. The third kappa shape index (κ3) is 5.00. The van der Waals surface area contributed by atoms with Crippen molar-refractivity contribution in [2.45, 2.75) is 43.1 Å². The van der Waals surface area contributed by atoms with Crippen LogP contribution < -0.4 is 0 Å². The summed E-state index contributed by atoms with van der Waals surface area (Å²) >= 11 is 1.37. The van der Waals surface area contributed by atoms with Crippen LogP contribution in [0.4, 0.5) is 4.39 Å². The van der Waals surface area contributed by atoms with Crippen LogP contribution in [0, 0.1) is 5.82 Å². The molecule has 1 aliphatic heterocycles. The summed E-state index contributed by atoms with van der Waals surface area (Å²) < 4.78 is 13.5. The number of aliphatic hydroxyl groups is 1. The predicted octanol–water partition coefficient (Wildman–Crippen LogP) is 3.07. The number of carbonyl (C=O) groups excluding carboxylic acids is 1. The largest absolute Gasteiger partial charge is 0.390 e. The second-order valence-electron chi connectivity index (χ2n) is 5.76. The molecule has 3 nitrogen and oxygen atoms in total. The molecule has 1 N–H and O–H groups in total. The summed E-state index contributed by atoms with van der Waals surface area (Å²) in [4.78, 5) is 14.6. The summed E-state index contributed by atoms with van der Waals surface area (Å²) in [6, 6.07) is 6.62. The van der Waals surface area contributed by atoms with Crippen LogP contribution in [0.15, 0.2) is 29.2 Å². The number of rotatable bonds is 4. The molecule has 0 saturated carbocycles. The Morgan fingerprint density at radius 1 is 1.38 bits per heavy atom. The Balaban J connectivity index is 1.78. The molecule has 21 heavy (non-hydrogen) atoms. The molecule has 1 saturated heterocycles. The van der Waals surface area contributed by atoms with Crippen molar-refractivity contribution in [2.75, 3.05) is 18.8 Å². The van der Waals surface area contributed by atoms with Crippen LogP contribution in [-0.4, -0.2) is 40.4 Å². The molecule has 0 spiro atoms. The molecule has 0 bridgehead atoms. The Morgan fingerprint density at radius 2 is 2.14 bits per heavy atom. The van der Waals surface area contributed by atoms with Crippen LogP contribution in [0.25, 0.3) is 0 Å². The number of hydrogen-bond acceptors (Lipinski definition) is 3. The maximum Gasteiger partial charge on any atom is 0.223 e. The highest BCUT2D eigenvalue weighted by Crippen LogP contribution is 2.24. The third-order valence-electron chi connectivity index (χ3n) is 3.83. The SMILES string of the molecule is CC1(O)CCCN(C(=O)CCSc2ccccc2F)CC1. The van der Waals surface area contributed by atoms with Crippen LogP contribution in [0.2, 0.25) is 0 Å². The summed E-state index contributed by atoms with van der Waals surface area (Å²) in [7, 11) is 0. The molecule has 5 heteroatoms. The first-order chi connectivity index (χ1) is 9.98. The van der Waals surface area contributed by atoms with Crippen molar-refractivity contribution in [3.05, 3.63) is 30.1 Å². The van der Waals surface area contributed by atoms with Gasteiger partial charge in [0.1, 0.15) is 5.82 Å². The maximum absolute atomic E-state index is 13.5. The van der Waals surface area contributed by atoms with Crippen molar-refractivity contribution in [3.8, 4) is 0 Å². The van der Waals surface area contributed by atoms with E-state index < -0.39 is 5.60 Å². The van der Waals surface area contributed by atoms with Crippen molar-refractivity contribution in [2.24, 2.45) is 0 Å². The number of nitrogens with zero attached hydrogens (tertiary/aromatic N) is 1. The quantitative estimate of drug-likeness (QED) is 0.869. The van der Waals surface area contributed by atoms with E-state index in [-0.39, 0.29) is 11.7 Å². The molecule has 1 aromatic carbocycles. The van der Waals surface area contributed by atoms with Gasteiger partial charge in [0, 0.05) is 30.2 Å². The summed E-state index contributed by atoms with van der Waals surface area (Å²) in [5.74, 6) is 0.435. The van der Waals surface area contributed by atoms with Gasteiger partial charge in [-0.25, -0.2) is 4.39 Å². The van der Waals surface area contributed by atoms with Crippen molar-refractivity contribution in [1.82, 2.24) is 4.90 Å². The first-order valence-electron chi connectivity index (χ1n) is 7.35. The van der Waals surface area contributed by atoms with E-state index in [0.29, 0.717) is 36.6 Å². The van der Waals surface area contributed by atoms with Gasteiger partial charge in [-0.3, -0.25) is 4.79 Å². The highest BCUT2D eigenvalue weighted by Gasteiger charge is 2.26. The van der Waals surface area contributed by atoms with E-state index in [0.717, 1.165) is 12.8 Å². The molecule has 1 aromatic rings. The standard InChI is InChI=1S/C16H22FNO2S/c1-16(20)8-4-10-18(11-9-16)15(19)7-12-21-14-6-3-2-5-13(14)17/h2-3,5-6,20H,4,7-12H2,1H3. The Bertz CT molecular complexity index is 493. The maximum atomic E-state index is 13.5. The first-order valence-corrected chi connectivity index (χ1v) is 8.34. The van der Waals surface area contributed by atoms with Crippen molar-refractivity contribution < 1.29 is 14.3 Å². The van der Waals surface area contributed by atoms with Crippen LogP contribution in [-0.2, 0) is 4.79 Å². The van der Waals surface area contributed by atoms with E-state index in [1.54, 1.807) is 18.2 Å². The monoisotopic (exact) mass is 311 g/mol. The summed E-state index contributed by atoms with van der Waals surface area (Å²) in [5.41, 5.74) is -0.656. The molecule has 1 fully saturated rings. The average molecular weight is 311 g/mol. The Morgan fingerprint density at radius 3 is 2.90 bits per heavy atom. The van der Waals surface area contributed by atoms with Crippen molar-refractivity contribution in [1.29, 1.82) is 0 Å². The Kier molecular flexibility index (Phi) is 5.65.